The Morgan fingerprint density at radius 2 is 2.06 bits per heavy atom. The third-order valence-corrected chi connectivity index (χ3v) is 4.12. The summed E-state index contributed by atoms with van der Waals surface area (Å²) >= 11 is 0. The maximum atomic E-state index is 12.2. The van der Waals surface area contributed by atoms with Crippen molar-refractivity contribution in [3.8, 4) is 6.07 Å². The van der Waals surface area contributed by atoms with Gasteiger partial charge in [0.2, 0.25) is 5.91 Å². The van der Waals surface area contributed by atoms with Gasteiger partial charge in [0.05, 0.1) is 6.07 Å². The van der Waals surface area contributed by atoms with Crippen LogP contribution in [0.25, 0.3) is 0 Å². The highest BCUT2D eigenvalue weighted by Crippen LogP contribution is 2.47. The Hall–Kier alpha value is -1.82. The van der Waals surface area contributed by atoms with E-state index in [0.717, 1.165) is 32.4 Å². The van der Waals surface area contributed by atoms with Crippen molar-refractivity contribution in [2.24, 2.45) is 5.41 Å². The Balaban J connectivity index is 1.70. The first-order chi connectivity index (χ1) is 8.75. The van der Waals surface area contributed by atoms with Crippen LogP contribution in [0.5, 0.6) is 0 Å². The summed E-state index contributed by atoms with van der Waals surface area (Å²) in [6.45, 7) is 1.56. The molecule has 1 atom stereocenters. The van der Waals surface area contributed by atoms with E-state index in [0.29, 0.717) is 5.92 Å². The van der Waals surface area contributed by atoms with Crippen LogP contribution in [0.3, 0.4) is 0 Å². The summed E-state index contributed by atoms with van der Waals surface area (Å²) in [5.74, 6) is 0.494. The fraction of sp³-hybridized carbons (Fsp3) is 0.467. The smallest absolute Gasteiger partial charge is 0.243 e. The molecule has 2 aliphatic rings. The summed E-state index contributed by atoms with van der Waals surface area (Å²) in [6.07, 6.45) is 2.50. The zero-order chi connectivity index (χ0) is 12.6. The number of benzene rings is 1. The molecule has 0 radical (unpaired) electrons. The van der Waals surface area contributed by atoms with E-state index in [2.05, 4.69) is 18.2 Å². The van der Waals surface area contributed by atoms with Crippen LogP contribution in [-0.2, 0) is 4.79 Å². The van der Waals surface area contributed by atoms with E-state index in [1.165, 1.54) is 5.56 Å². The second-order valence-corrected chi connectivity index (χ2v) is 5.34. The first kappa shape index (κ1) is 11.3. The number of likely N-dealkylation sites (tertiary alicyclic amines) is 1. The average Bonchev–Trinajstić information content (AvgIpc) is 3.08. The first-order valence-electron chi connectivity index (χ1n) is 6.51. The molecule has 0 spiro atoms. The van der Waals surface area contributed by atoms with Crippen LogP contribution in [-0.4, -0.2) is 23.9 Å². The zero-order valence-electron chi connectivity index (χ0n) is 10.3. The van der Waals surface area contributed by atoms with Gasteiger partial charge >= 0.3 is 0 Å². The second-order valence-electron chi connectivity index (χ2n) is 5.34. The van der Waals surface area contributed by atoms with Crippen LogP contribution < -0.4 is 0 Å². The molecule has 3 nitrogen and oxygen atoms in total. The Bertz CT molecular complexity index is 499. The first-order valence-corrected chi connectivity index (χ1v) is 6.51. The van der Waals surface area contributed by atoms with Crippen molar-refractivity contribution >= 4 is 5.91 Å². The molecule has 0 aromatic heterocycles. The van der Waals surface area contributed by atoms with Gasteiger partial charge in [-0.3, -0.25) is 4.79 Å². The van der Waals surface area contributed by atoms with Gasteiger partial charge in [0.1, 0.15) is 5.41 Å². The Labute approximate surface area is 107 Å². The lowest BCUT2D eigenvalue weighted by atomic mass is 9.99. The van der Waals surface area contributed by atoms with Crippen LogP contribution in [0.4, 0.5) is 0 Å². The van der Waals surface area contributed by atoms with Gasteiger partial charge in [-0.1, -0.05) is 30.3 Å². The summed E-state index contributed by atoms with van der Waals surface area (Å²) in [6, 6.07) is 12.5. The van der Waals surface area contributed by atoms with E-state index in [4.69, 9.17) is 5.26 Å². The molecule has 1 aromatic carbocycles. The lowest BCUT2D eigenvalue weighted by molar-refractivity contribution is -0.133. The number of amides is 1. The van der Waals surface area contributed by atoms with Crippen LogP contribution >= 0.6 is 0 Å². The summed E-state index contributed by atoms with van der Waals surface area (Å²) in [5, 5.41) is 9.07. The van der Waals surface area contributed by atoms with Crippen LogP contribution in [0.15, 0.2) is 30.3 Å². The van der Waals surface area contributed by atoms with Crippen molar-refractivity contribution in [2.75, 3.05) is 13.1 Å². The molecule has 3 heteroatoms. The highest BCUT2D eigenvalue weighted by molar-refractivity contribution is 5.88. The van der Waals surface area contributed by atoms with Crippen LogP contribution in [0.2, 0.25) is 0 Å². The quantitative estimate of drug-likeness (QED) is 0.796. The molecule has 18 heavy (non-hydrogen) atoms. The standard InChI is InChI=1S/C15H16N2O/c16-11-15(7-8-15)14(18)17-9-6-13(10-17)12-4-2-1-3-5-12/h1-5,13H,6-10H2. The van der Waals surface area contributed by atoms with E-state index in [9.17, 15) is 4.79 Å². The molecule has 2 fully saturated rings. The molecule has 1 amide bonds. The highest BCUT2D eigenvalue weighted by Gasteiger charge is 2.53. The largest absolute Gasteiger partial charge is 0.341 e. The third-order valence-electron chi connectivity index (χ3n) is 4.12. The van der Waals surface area contributed by atoms with E-state index >= 15 is 0 Å². The molecule has 1 aliphatic heterocycles. The SMILES string of the molecule is N#CC1(C(=O)N2CCC(c3ccccc3)C2)CC1. The summed E-state index contributed by atoms with van der Waals surface area (Å²) in [4.78, 5) is 14.1. The van der Waals surface area contributed by atoms with Gasteiger partial charge < -0.3 is 4.90 Å². The molecular weight excluding hydrogens is 224 g/mol. The molecule has 0 bridgehead atoms. The molecular formula is C15H16N2O. The van der Waals surface area contributed by atoms with Crippen molar-refractivity contribution in [3.05, 3.63) is 35.9 Å². The minimum atomic E-state index is -0.661. The van der Waals surface area contributed by atoms with E-state index in [1.54, 1.807) is 0 Å². The predicted octanol–water partition coefficient (Wildman–Crippen LogP) is 2.31. The van der Waals surface area contributed by atoms with Gasteiger partial charge in [-0.05, 0) is 24.8 Å². The number of hydrogen-bond donors (Lipinski definition) is 0. The minimum absolute atomic E-state index is 0.0587. The third kappa shape index (κ3) is 1.78. The molecule has 92 valence electrons. The molecule has 1 saturated heterocycles. The monoisotopic (exact) mass is 240 g/mol. The lowest BCUT2D eigenvalue weighted by Crippen LogP contribution is -2.34. The van der Waals surface area contributed by atoms with Gasteiger partial charge in [0.25, 0.3) is 0 Å². The number of nitriles is 1. The van der Waals surface area contributed by atoms with Gasteiger partial charge in [0, 0.05) is 19.0 Å². The van der Waals surface area contributed by atoms with Crippen molar-refractivity contribution in [3.63, 3.8) is 0 Å². The number of carbonyl (C=O) groups excluding carboxylic acids is 1. The maximum absolute atomic E-state index is 12.2. The zero-order valence-corrected chi connectivity index (χ0v) is 10.3. The minimum Gasteiger partial charge on any atom is -0.341 e. The predicted molar refractivity (Wildman–Crippen MR) is 67.7 cm³/mol. The van der Waals surface area contributed by atoms with Crippen molar-refractivity contribution in [1.82, 2.24) is 4.90 Å². The normalized spacial score (nSPS) is 24.6. The molecule has 1 heterocycles. The van der Waals surface area contributed by atoms with E-state index in [-0.39, 0.29) is 5.91 Å². The summed E-state index contributed by atoms with van der Waals surface area (Å²) < 4.78 is 0. The average molecular weight is 240 g/mol. The van der Waals surface area contributed by atoms with Crippen LogP contribution in [0.1, 0.15) is 30.7 Å². The fourth-order valence-electron chi connectivity index (χ4n) is 2.74. The molecule has 0 N–H and O–H groups in total. The maximum Gasteiger partial charge on any atom is 0.243 e. The van der Waals surface area contributed by atoms with Crippen LogP contribution in [0, 0.1) is 16.7 Å². The number of rotatable bonds is 2. The van der Waals surface area contributed by atoms with Gasteiger partial charge in [-0.2, -0.15) is 5.26 Å². The number of carbonyl (C=O) groups is 1. The lowest BCUT2D eigenvalue weighted by Gasteiger charge is -2.19. The van der Waals surface area contributed by atoms with Crippen molar-refractivity contribution in [1.29, 1.82) is 5.26 Å². The molecule has 1 saturated carbocycles. The molecule has 1 aromatic rings. The van der Waals surface area contributed by atoms with Crippen molar-refractivity contribution in [2.45, 2.75) is 25.2 Å². The molecule has 3 rings (SSSR count). The summed E-state index contributed by atoms with van der Waals surface area (Å²) in [5.41, 5.74) is 0.639. The molecule has 1 unspecified atom stereocenters. The highest BCUT2D eigenvalue weighted by atomic mass is 16.2. The number of hydrogen-bond acceptors (Lipinski definition) is 2. The Morgan fingerprint density at radius 3 is 2.67 bits per heavy atom. The molecule has 1 aliphatic carbocycles. The summed E-state index contributed by atoms with van der Waals surface area (Å²) in [7, 11) is 0. The fourth-order valence-corrected chi connectivity index (χ4v) is 2.74. The number of nitrogens with zero attached hydrogens (tertiary/aromatic N) is 2. The Kier molecular flexibility index (Phi) is 2.59. The van der Waals surface area contributed by atoms with Gasteiger partial charge in [-0.15, -0.1) is 0 Å². The van der Waals surface area contributed by atoms with E-state index < -0.39 is 5.41 Å². The van der Waals surface area contributed by atoms with Gasteiger partial charge in [0.15, 0.2) is 0 Å². The van der Waals surface area contributed by atoms with E-state index in [1.807, 2.05) is 23.1 Å². The second kappa shape index (κ2) is 4.13. The topological polar surface area (TPSA) is 44.1 Å². The Morgan fingerprint density at radius 1 is 1.33 bits per heavy atom. The van der Waals surface area contributed by atoms with Crippen molar-refractivity contribution < 1.29 is 4.79 Å². The van der Waals surface area contributed by atoms with Gasteiger partial charge in [-0.25, -0.2) is 0 Å².